The fourth-order valence-electron chi connectivity index (χ4n) is 1.69. The summed E-state index contributed by atoms with van der Waals surface area (Å²) >= 11 is 0. The standard InChI is InChI=1S/C13H13FN2O3S/c14-11-6-12(8-15-7-11)20(18,19)16-13(9-17)10-4-2-1-3-5-10/h1-8,13,16-17H,9H2. The molecule has 1 heterocycles. The van der Waals surface area contributed by atoms with Gasteiger partial charge in [-0.25, -0.2) is 17.5 Å². The van der Waals surface area contributed by atoms with Crippen LogP contribution in [0.25, 0.3) is 0 Å². The van der Waals surface area contributed by atoms with Gasteiger partial charge in [-0.15, -0.1) is 0 Å². The maximum atomic E-state index is 13.0. The molecule has 20 heavy (non-hydrogen) atoms. The smallest absolute Gasteiger partial charge is 0.242 e. The summed E-state index contributed by atoms with van der Waals surface area (Å²) in [6.07, 6.45) is 1.96. The Morgan fingerprint density at radius 1 is 1.25 bits per heavy atom. The third kappa shape index (κ3) is 3.38. The lowest BCUT2D eigenvalue weighted by Gasteiger charge is -2.16. The predicted octanol–water partition coefficient (Wildman–Crippen LogP) is 1.23. The molecule has 2 aromatic rings. The highest BCUT2D eigenvalue weighted by Gasteiger charge is 2.21. The summed E-state index contributed by atoms with van der Waals surface area (Å²) in [4.78, 5) is 3.21. The molecule has 0 radical (unpaired) electrons. The Bertz CT molecular complexity index is 677. The Balaban J connectivity index is 2.27. The normalized spacial score (nSPS) is 13.1. The molecule has 0 spiro atoms. The number of hydrogen-bond donors (Lipinski definition) is 2. The topological polar surface area (TPSA) is 79.3 Å². The van der Waals surface area contributed by atoms with Gasteiger partial charge in [0, 0.05) is 6.20 Å². The maximum Gasteiger partial charge on any atom is 0.242 e. The van der Waals surface area contributed by atoms with E-state index in [4.69, 9.17) is 0 Å². The van der Waals surface area contributed by atoms with Crippen LogP contribution in [0.2, 0.25) is 0 Å². The van der Waals surface area contributed by atoms with E-state index in [9.17, 15) is 17.9 Å². The quantitative estimate of drug-likeness (QED) is 0.870. The number of aliphatic hydroxyl groups is 1. The van der Waals surface area contributed by atoms with E-state index in [-0.39, 0.29) is 4.90 Å². The van der Waals surface area contributed by atoms with Gasteiger partial charge in [0.05, 0.1) is 18.8 Å². The molecule has 0 fully saturated rings. The number of halogens is 1. The number of hydrogen-bond acceptors (Lipinski definition) is 4. The van der Waals surface area contributed by atoms with Crippen molar-refractivity contribution in [3.8, 4) is 0 Å². The van der Waals surface area contributed by atoms with Crippen LogP contribution >= 0.6 is 0 Å². The molecule has 0 bridgehead atoms. The highest BCUT2D eigenvalue weighted by Crippen LogP contribution is 2.16. The molecule has 7 heteroatoms. The summed E-state index contributed by atoms with van der Waals surface area (Å²) in [7, 11) is -3.95. The molecule has 106 valence electrons. The SMILES string of the molecule is O=S(=O)(NC(CO)c1ccccc1)c1cncc(F)c1. The molecule has 1 atom stereocenters. The first kappa shape index (κ1) is 14.6. The van der Waals surface area contributed by atoms with Crippen molar-refractivity contribution in [2.24, 2.45) is 0 Å². The Hall–Kier alpha value is -1.83. The maximum absolute atomic E-state index is 13.0. The Kier molecular flexibility index (Phi) is 4.43. The van der Waals surface area contributed by atoms with Crippen LogP contribution in [-0.4, -0.2) is 25.1 Å². The van der Waals surface area contributed by atoms with Crippen molar-refractivity contribution in [1.29, 1.82) is 0 Å². The van der Waals surface area contributed by atoms with Crippen LogP contribution < -0.4 is 4.72 Å². The van der Waals surface area contributed by atoms with Crippen LogP contribution in [0, 0.1) is 5.82 Å². The van der Waals surface area contributed by atoms with Gasteiger partial charge >= 0.3 is 0 Å². The largest absolute Gasteiger partial charge is 0.394 e. The number of benzene rings is 1. The van der Waals surface area contributed by atoms with Crippen molar-refractivity contribution in [2.45, 2.75) is 10.9 Å². The van der Waals surface area contributed by atoms with Crippen LogP contribution in [0.1, 0.15) is 11.6 Å². The van der Waals surface area contributed by atoms with Gasteiger partial charge < -0.3 is 5.11 Å². The molecule has 5 nitrogen and oxygen atoms in total. The predicted molar refractivity (Wildman–Crippen MR) is 70.8 cm³/mol. The average molecular weight is 296 g/mol. The first-order valence-electron chi connectivity index (χ1n) is 5.81. The zero-order chi connectivity index (χ0) is 14.6. The van der Waals surface area contributed by atoms with Gasteiger partial charge in [-0.1, -0.05) is 30.3 Å². The van der Waals surface area contributed by atoms with Crippen molar-refractivity contribution in [1.82, 2.24) is 9.71 Å². The summed E-state index contributed by atoms with van der Waals surface area (Å²) in [5.41, 5.74) is 0.614. The molecule has 2 rings (SSSR count). The van der Waals surface area contributed by atoms with E-state index in [1.165, 1.54) is 0 Å². The van der Waals surface area contributed by atoms with Crippen molar-refractivity contribution < 1.29 is 17.9 Å². The Morgan fingerprint density at radius 3 is 2.55 bits per heavy atom. The van der Waals surface area contributed by atoms with Crippen molar-refractivity contribution in [2.75, 3.05) is 6.61 Å². The summed E-state index contributed by atoms with van der Waals surface area (Å²) in [6.45, 7) is -0.411. The minimum Gasteiger partial charge on any atom is -0.394 e. The number of nitrogens with zero attached hydrogens (tertiary/aromatic N) is 1. The van der Waals surface area contributed by atoms with Gasteiger partial charge in [-0.2, -0.15) is 0 Å². The summed E-state index contributed by atoms with van der Waals surface area (Å²) in [5, 5.41) is 9.33. The Morgan fingerprint density at radius 2 is 1.95 bits per heavy atom. The molecule has 2 N–H and O–H groups in total. The van der Waals surface area contributed by atoms with Crippen LogP contribution in [-0.2, 0) is 10.0 Å². The van der Waals surface area contributed by atoms with Crippen molar-refractivity contribution >= 4 is 10.0 Å². The zero-order valence-electron chi connectivity index (χ0n) is 10.4. The number of nitrogens with one attached hydrogen (secondary N) is 1. The second kappa shape index (κ2) is 6.08. The summed E-state index contributed by atoms with van der Waals surface area (Å²) in [6, 6.07) is 8.69. The molecule has 0 aliphatic heterocycles. The van der Waals surface area contributed by atoms with Gasteiger partial charge in [0.15, 0.2) is 0 Å². The van der Waals surface area contributed by atoms with Gasteiger partial charge in [-0.05, 0) is 11.6 Å². The van der Waals surface area contributed by atoms with Crippen molar-refractivity contribution in [3.05, 3.63) is 60.2 Å². The number of rotatable bonds is 5. The van der Waals surface area contributed by atoms with Crippen LogP contribution in [0.4, 0.5) is 4.39 Å². The van der Waals surface area contributed by atoms with Crippen LogP contribution in [0.5, 0.6) is 0 Å². The van der Waals surface area contributed by atoms with Crippen LogP contribution in [0.15, 0.2) is 53.7 Å². The van der Waals surface area contributed by atoms with Gasteiger partial charge in [0.1, 0.15) is 10.7 Å². The molecule has 1 aromatic heterocycles. The number of sulfonamides is 1. The third-order valence-electron chi connectivity index (χ3n) is 2.67. The lowest BCUT2D eigenvalue weighted by molar-refractivity contribution is 0.259. The minimum absolute atomic E-state index is 0.285. The van der Waals surface area contributed by atoms with E-state index >= 15 is 0 Å². The monoisotopic (exact) mass is 296 g/mol. The molecule has 0 aliphatic carbocycles. The van der Waals surface area contributed by atoms with Gasteiger partial charge in [-0.3, -0.25) is 4.98 Å². The molecule has 0 saturated heterocycles. The highest BCUT2D eigenvalue weighted by molar-refractivity contribution is 7.89. The first-order chi connectivity index (χ1) is 9.53. The second-order valence-electron chi connectivity index (χ2n) is 4.11. The third-order valence-corrected chi connectivity index (χ3v) is 4.11. The number of pyridine rings is 1. The molecule has 0 amide bonds. The number of aromatic nitrogens is 1. The lowest BCUT2D eigenvalue weighted by Crippen LogP contribution is -2.31. The molecular weight excluding hydrogens is 283 g/mol. The second-order valence-corrected chi connectivity index (χ2v) is 5.82. The van der Waals surface area contributed by atoms with E-state index in [1.54, 1.807) is 30.3 Å². The fourth-order valence-corrected chi connectivity index (χ4v) is 2.88. The molecular formula is C13H13FN2O3S. The summed E-state index contributed by atoms with van der Waals surface area (Å²) < 4.78 is 39.6. The zero-order valence-corrected chi connectivity index (χ0v) is 11.2. The average Bonchev–Trinajstić information content (AvgIpc) is 2.46. The van der Waals surface area contributed by atoms with E-state index in [0.29, 0.717) is 5.56 Å². The minimum atomic E-state index is -3.95. The molecule has 0 aliphatic rings. The highest BCUT2D eigenvalue weighted by atomic mass is 32.2. The fraction of sp³-hybridized carbons (Fsp3) is 0.154. The molecule has 1 unspecified atom stereocenters. The van der Waals surface area contributed by atoms with E-state index in [0.717, 1.165) is 18.5 Å². The van der Waals surface area contributed by atoms with E-state index in [2.05, 4.69) is 9.71 Å². The lowest BCUT2D eigenvalue weighted by atomic mass is 10.1. The Labute approximate surface area is 116 Å². The number of aliphatic hydroxyl groups excluding tert-OH is 1. The van der Waals surface area contributed by atoms with Gasteiger partial charge in [0.2, 0.25) is 10.0 Å². The van der Waals surface area contributed by atoms with E-state index < -0.39 is 28.5 Å². The van der Waals surface area contributed by atoms with Gasteiger partial charge in [0.25, 0.3) is 0 Å². The van der Waals surface area contributed by atoms with Crippen LogP contribution in [0.3, 0.4) is 0 Å². The molecule has 1 aromatic carbocycles. The first-order valence-corrected chi connectivity index (χ1v) is 7.30. The van der Waals surface area contributed by atoms with Crippen molar-refractivity contribution in [3.63, 3.8) is 0 Å². The molecule has 0 saturated carbocycles. The van der Waals surface area contributed by atoms with E-state index in [1.807, 2.05) is 0 Å². The summed E-state index contributed by atoms with van der Waals surface area (Å²) in [5.74, 6) is -0.742.